The van der Waals surface area contributed by atoms with Gasteiger partial charge in [-0.05, 0) is 44.0 Å². The minimum Gasteiger partial charge on any atom is -0.352 e. The van der Waals surface area contributed by atoms with Crippen LogP contribution >= 0.6 is 0 Å². The standard InChI is InChI=1S/C17H22F3N3O3S/c1-12(16(24)21-14-4-5-14)22-8-10-23(11-9-22)27(25,26)15-6-2-13(3-7-15)17(18,19)20/h2-3,6-7,12,14H,4-5,8-11H2,1H3,(H,21,24). The minimum absolute atomic E-state index is 0.0588. The number of halogens is 3. The molecule has 1 atom stereocenters. The summed E-state index contributed by atoms with van der Waals surface area (Å²) in [4.78, 5) is 13.9. The maximum absolute atomic E-state index is 12.7. The smallest absolute Gasteiger partial charge is 0.352 e. The van der Waals surface area contributed by atoms with Gasteiger partial charge in [0.15, 0.2) is 0 Å². The van der Waals surface area contributed by atoms with Gasteiger partial charge in [-0.1, -0.05) is 0 Å². The lowest BCUT2D eigenvalue weighted by Gasteiger charge is -2.36. The van der Waals surface area contributed by atoms with Crippen molar-refractivity contribution < 1.29 is 26.4 Å². The van der Waals surface area contributed by atoms with Gasteiger partial charge in [0, 0.05) is 32.2 Å². The van der Waals surface area contributed by atoms with Crippen molar-refractivity contribution in [1.82, 2.24) is 14.5 Å². The molecular formula is C17H22F3N3O3S. The van der Waals surface area contributed by atoms with Crippen LogP contribution in [0.3, 0.4) is 0 Å². The summed E-state index contributed by atoms with van der Waals surface area (Å²) in [6.07, 6.45) is -2.51. The Kier molecular flexibility index (Phi) is 5.51. The molecule has 1 saturated carbocycles. The molecule has 0 radical (unpaired) electrons. The molecule has 1 aromatic rings. The molecule has 0 bridgehead atoms. The first-order valence-corrected chi connectivity index (χ1v) is 10.2. The molecule has 1 heterocycles. The number of benzene rings is 1. The topological polar surface area (TPSA) is 69.7 Å². The number of alkyl halides is 3. The van der Waals surface area contributed by atoms with Crippen LogP contribution in [0, 0.1) is 0 Å². The van der Waals surface area contributed by atoms with E-state index in [0.29, 0.717) is 13.1 Å². The van der Waals surface area contributed by atoms with Gasteiger partial charge in [0.1, 0.15) is 0 Å². The van der Waals surface area contributed by atoms with Crippen LogP contribution in [0.1, 0.15) is 25.3 Å². The van der Waals surface area contributed by atoms with Crippen LogP contribution in [-0.2, 0) is 21.0 Å². The van der Waals surface area contributed by atoms with Gasteiger partial charge in [0.2, 0.25) is 15.9 Å². The third-order valence-electron chi connectivity index (χ3n) is 4.94. The van der Waals surface area contributed by atoms with E-state index in [0.717, 1.165) is 37.1 Å². The van der Waals surface area contributed by atoms with Crippen LogP contribution in [-0.4, -0.2) is 61.8 Å². The van der Waals surface area contributed by atoms with E-state index in [1.54, 1.807) is 6.92 Å². The number of carbonyl (C=O) groups excluding carboxylic acids is 1. The molecule has 2 aliphatic rings. The van der Waals surface area contributed by atoms with Gasteiger partial charge in [0.05, 0.1) is 16.5 Å². The zero-order valence-electron chi connectivity index (χ0n) is 14.9. The molecule has 150 valence electrons. The average molecular weight is 405 g/mol. The van der Waals surface area contributed by atoms with E-state index < -0.39 is 21.8 Å². The Morgan fingerprint density at radius 3 is 2.15 bits per heavy atom. The van der Waals surface area contributed by atoms with Gasteiger partial charge in [0.25, 0.3) is 0 Å². The van der Waals surface area contributed by atoms with Crippen molar-refractivity contribution in [3.05, 3.63) is 29.8 Å². The number of sulfonamides is 1. The normalized spacial score (nSPS) is 21.0. The highest BCUT2D eigenvalue weighted by atomic mass is 32.2. The molecule has 0 spiro atoms. The molecule has 1 unspecified atom stereocenters. The summed E-state index contributed by atoms with van der Waals surface area (Å²) in [5, 5.41) is 2.93. The summed E-state index contributed by atoms with van der Waals surface area (Å²) >= 11 is 0. The van der Waals surface area contributed by atoms with E-state index in [9.17, 15) is 26.4 Å². The second kappa shape index (κ2) is 7.40. The third kappa shape index (κ3) is 4.61. The van der Waals surface area contributed by atoms with Crippen molar-refractivity contribution in [2.75, 3.05) is 26.2 Å². The SMILES string of the molecule is CC(C(=O)NC1CC1)N1CCN(S(=O)(=O)c2ccc(C(F)(F)F)cc2)CC1. The summed E-state index contributed by atoms with van der Waals surface area (Å²) in [7, 11) is -3.86. The molecule has 2 fully saturated rings. The second-order valence-electron chi connectivity index (χ2n) is 6.92. The third-order valence-corrected chi connectivity index (χ3v) is 6.86. The Morgan fingerprint density at radius 2 is 1.67 bits per heavy atom. The van der Waals surface area contributed by atoms with Gasteiger partial charge >= 0.3 is 6.18 Å². The number of hydrogen-bond acceptors (Lipinski definition) is 4. The van der Waals surface area contributed by atoms with E-state index in [1.807, 2.05) is 4.90 Å². The zero-order valence-corrected chi connectivity index (χ0v) is 15.7. The highest BCUT2D eigenvalue weighted by molar-refractivity contribution is 7.89. The molecule has 10 heteroatoms. The van der Waals surface area contributed by atoms with E-state index in [4.69, 9.17) is 0 Å². The van der Waals surface area contributed by atoms with E-state index >= 15 is 0 Å². The molecule has 27 heavy (non-hydrogen) atoms. The minimum atomic E-state index is -4.51. The summed E-state index contributed by atoms with van der Waals surface area (Å²) < 4.78 is 64.5. The van der Waals surface area contributed by atoms with E-state index in [1.165, 1.54) is 4.31 Å². The van der Waals surface area contributed by atoms with Crippen LogP contribution in [0.15, 0.2) is 29.2 Å². The monoisotopic (exact) mass is 405 g/mol. The van der Waals surface area contributed by atoms with Gasteiger partial charge in [-0.25, -0.2) is 8.42 Å². The van der Waals surface area contributed by atoms with Crippen molar-refractivity contribution >= 4 is 15.9 Å². The quantitative estimate of drug-likeness (QED) is 0.809. The fourth-order valence-electron chi connectivity index (χ4n) is 3.01. The maximum atomic E-state index is 12.7. The first-order chi connectivity index (χ1) is 12.6. The van der Waals surface area contributed by atoms with Crippen molar-refractivity contribution in [3.63, 3.8) is 0 Å². The predicted octanol–water partition coefficient (Wildman–Crippen LogP) is 1.68. The maximum Gasteiger partial charge on any atom is 0.416 e. The molecule has 0 aromatic heterocycles. The van der Waals surface area contributed by atoms with Crippen LogP contribution in [0.25, 0.3) is 0 Å². The van der Waals surface area contributed by atoms with E-state index in [-0.39, 0.29) is 36.0 Å². The van der Waals surface area contributed by atoms with Gasteiger partial charge in [-0.15, -0.1) is 0 Å². The fraction of sp³-hybridized carbons (Fsp3) is 0.588. The molecule has 1 aliphatic carbocycles. The van der Waals surface area contributed by atoms with Crippen LogP contribution in [0.2, 0.25) is 0 Å². The number of rotatable bonds is 5. The van der Waals surface area contributed by atoms with Crippen LogP contribution < -0.4 is 5.32 Å². The number of piperazine rings is 1. The molecule has 1 aromatic carbocycles. The predicted molar refractivity (Wildman–Crippen MR) is 92.4 cm³/mol. The lowest BCUT2D eigenvalue weighted by molar-refractivity contribution is -0.137. The van der Waals surface area contributed by atoms with Gasteiger partial charge < -0.3 is 5.32 Å². The molecule has 3 rings (SSSR count). The summed E-state index contributed by atoms with van der Waals surface area (Å²) in [6, 6.07) is 3.43. The molecule has 6 nitrogen and oxygen atoms in total. The van der Waals surface area contributed by atoms with Crippen LogP contribution in [0.4, 0.5) is 13.2 Å². The summed E-state index contributed by atoms with van der Waals surface area (Å²) in [6.45, 7) is 2.94. The number of amides is 1. The zero-order chi connectivity index (χ0) is 19.8. The van der Waals surface area contributed by atoms with Crippen molar-refractivity contribution in [3.8, 4) is 0 Å². The Labute approximate surface area is 156 Å². The second-order valence-corrected chi connectivity index (χ2v) is 8.86. The largest absolute Gasteiger partial charge is 0.416 e. The summed E-state index contributed by atoms with van der Waals surface area (Å²) in [5.41, 5.74) is -0.887. The average Bonchev–Trinajstić information content (AvgIpc) is 3.44. The Bertz CT molecular complexity index is 784. The highest BCUT2D eigenvalue weighted by Gasteiger charge is 2.34. The molecule has 1 aliphatic heterocycles. The number of hydrogen-bond donors (Lipinski definition) is 1. The van der Waals surface area contributed by atoms with Crippen LogP contribution in [0.5, 0.6) is 0 Å². The van der Waals surface area contributed by atoms with Gasteiger partial charge in [-0.2, -0.15) is 17.5 Å². The number of nitrogens with one attached hydrogen (secondary N) is 1. The Hall–Kier alpha value is -1.65. The number of carbonyl (C=O) groups is 1. The van der Waals surface area contributed by atoms with Crippen molar-refractivity contribution in [1.29, 1.82) is 0 Å². The molecular weight excluding hydrogens is 383 g/mol. The lowest BCUT2D eigenvalue weighted by Crippen LogP contribution is -2.55. The summed E-state index contributed by atoms with van der Waals surface area (Å²) in [5.74, 6) is -0.0588. The first-order valence-electron chi connectivity index (χ1n) is 8.81. The molecule has 1 amide bonds. The highest BCUT2D eigenvalue weighted by Crippen LogP contribution is 2.30. The van der Waals surface area contributed by atoms with Gasteiger partial charge in [-0.3, -0.25) is 9.69 Å². The Balaban J connectivity index is 1.61. The lowest BCUT2D eigenvalue weighted by atomic mass is 10.2. The number of nitrogens with zero attached hydrogens (tertiary/aromatic N) is 2. The fourth-order valence-corrected chi connectivity index (χ4v) is 4.43. The molecule has 1 saturated heterocycles. The Morgan fingerprint density at radius 1 is 1.11 bits per heavy atom. The van der Waals surface area contributed by atoms with E-state index in [2.05, 4.69) is 5.32 Å². The van der Waals surface area contributed by atoms with Crippen molar-refractivity contribution in [2.45, 2.75) is 42.9 Å². The first kappa shape index (κ1) is 20.1. The van der Waals surface area contributed by atoms with Crippen molar-refractivity contribution in [2.24, 2.45) is 0 Å². The molecule has 1 N–H and O–H groups in total.